The van der Waals surface area contributed by atoms with Gasteiger partial charge in [0.05, 0.1) is 12.0 Å². The van der Waals surface area contributed by atoms with Crippen molar-refractivity contribution in [3.63, 3.8) is 0 Å². The van der Waals surface area contributed by atoms with E-state index in [0.29, 0.717) is 44.2 Å². The number of nitrogens with two attached hydrogens (primary N) is 1. The molecule has 11 heteroatoms. The maximum absolute atomic E-state index is 14.1. The molecule has 7 nitrogen and oxygen atoms in total. The summed E-state index contributed by atoms with van der Waals surface area (Å²) in [7, 11) is 0. The fraction of sp³-hybridized carbons (Fsp3) is 0.444. The number of amides is 2. The Morgan fingerprint density at radius 2 is 1.62 bits per heavy atom. The van der Waals surface area contributed by atoms with Crippen LogP contribution in [0.2, 0.25) is 5.02 Å². The van der Waals surface area contributed by atoms with E-state index in [2.05, 4.69) is 26.5 Å². The molecule has 1 fully saturated rings. The van der Waals surface area contributed by atoms with Crippen molar-refractivity contribution in [1.29, 1.82) is 0 Å². The average molecular weight is 671 g/mol. The number of likely N-dealkylation sites (N-methyl/N-ethyl adjacent to an activating group) is 1. The van der Waals surface area contributed by atoms with E-state index in [4.69, 9.17) is 11.6 Å². The van der Waals surface area contributed by atoms with Gasteiger partial charge in [-0.2, -0.15) is 13.2 Å². The van der Waals surface area contributed by atoms with Crippen LogP contribution >= 0.6 is 11.6 Å². The molecule has 3 N–H and O–H groups in total. The van der Waals surface area contributed by atoms with E-state index in [0.717, 1.165) is 36.8 Å². The zero-order chi connectivity index (χ0) is 33.6. The van der Waals surface area contributed by atoms with Crippen LogP contribution in [0.25, 0.3) is 0 Å². The van der Waals surface area contributed by atoms with E-state index in [1.54, 1.807) is 29.2 Å². The van der Waals surface area contributed by atoms with E-state index < -0.39 is 23.8 Å². The number of halogens is 4. The van der Waals surface area contributed by atoms with Crippen molar-refractivity contribution in [3.05, 3.63) is 106 Å². The third kappa shape index (κ3) is 8.73. The number of nitrogens with zero attached hydrogens (tertiary/aromatic N) is 3. The monoisotopic (exact) mass is 670 g/mol. The molecule has 0 saturated carbocycles. The predicted octanol–water partition coefficient (Wildman–Crippen LogP) is 4.82. The summed E-state index contributed by atoms with van der Waals surface area (Å²) >= 11 is 6.10. The number of piperazine rings is 1. The number of benzene rings is 3. The normalized spacial score (nSPS) is 18.2. The first-order valence-corrected chi connectivity index (χ1v) is 16.8. The third-order valence-corrected chi connectivity index (χ3v) is 9.74. The van der Waals surface area contributed by atoms with Gasteiger partial charge in [0.2, 0.25) is 11.8 Å². The van der Waals surface area contributed by atoms with Gasteiger partial charge in [-0.25, -0.2) is 0 Å². The van der Waals surface area contributed by atoms with Crippen LogP contribution in [0.15, 0.2) is 72.8 Å². The smallest absolute Gasteiger partial charge is 0.344 e. The highest BCUT2D eigenvalue weighted by molar-refractivity contribution is 6.30. The topological polar surface area (TPSA) is 72.5 Å². The van der Waals surface area contributed by atoms with Gasteiger partial charge in [-0.15, -0.1) is 0 Å². The summed E-state index contributed by atoms with van der Waals surface area (Å²) in [6.45, 7) is 8.23. The summed E-state index contributed by atoms with van der Waals surface area (Å²) in [5.41, 5.74) is 2.86. The number of carbonyl (C=O) groups excluding carboxylic acids is 2. The van der Waals surface area contributed by atoms with Crippen LogP contribution in [0.1, 0.15) is 60.2 Å². The Balaban J connectivity index is 1.31. The number of quaternary nitrogens is 1. The summed E-state index contributed by atoms with van der Waals surface area (Å²) in [6.07, 6.45) is -3.92. The molecular weight excluding hydrogens is 627 g/mol. The lowest BCUT2D eigenvalue weighted by Crippen LogP contribution is -2.81. The van der Waals surface area contributed by atoms with Crippen LogP contribution in [0, 0.1) is 0 Å². The van der Waals surface area contributed by atoms with Gasteiger partial charge >= 0.3 is 6.18 Å². The number of hydrogen-bond acceptors (Lipinski definition) is 4. The second kappa shape index (κ2) is 15.6. The Labute approximate surface area is 280 Å². The average Bonchev–Trinajstić information content (AvgIpc) is 3.48. The maximum atomic E-state index is 14.1. The molecule has 0 radical (unpaired) electrons. The van der Waals surface area contributed by atoms with Crippen molar-refractivity contribution >= 4 is 23.4 Å². The molecule has 2 aliphatic heterocycles. The molecule has 0 spiro atoms. The Hall–Kier alpha value is -3.44. The molecule has 2 aliphatic rings. The van der Waals surface area contributed by atoms with Gasteiger partial charge in [0.15, 0.2) is 0 Å². The SMILES string of the molecule is CCN(CC)CC(c1ccccc1C(F)(F)F)N1CCN(C(=O)[C@@H](Cc2ccc(Cl)cc2)NC(=O)CC2[NH2+]Cc3ccccc32)CC1. The lowest BCUT2D eigenvalue weighted by molar-refractivity contribution is -0.700. The highest BCUT2D eigenvalue weighted by atomic mass is 35.5. The van der Waals surface area contributed by atoms with Gasteiger partial charge in [0, 0.05) is 61.3 Å². The fourth-order valence-electron chi connectivity index (χ4n) is 6.84. The molecule has 3 atom stereocenters. The lowest BCUT2D eigenvalue weighted by atomic mass is 9.97. The van der Waals surface area contributed by atoms with Gasteiger partial charge < -0.3 is 20.4 Å². The molecule has 2 unspecified atom stereocenters. The van der Waals surface area contributed by atoms with E-state index in [1.165, 1.54) is 11.6 Å². The number of rotatable bonds is 12. The number of carbonyl (C=O) groups is 2. The summed E-state index contributed by atoms with van der Waals surface area (Å²) < 4.78 is 42.3. The molecule has 5 rings (SSSR count). The van der Waals surface area contributed by atoms with Crippen LogP contribution in [0.4, 0.5) is 13.2 Å². The van der Waals surface area contributed by atoms with E-state index in [1.807, 2.05) is 44.2 Å². The summed E-state index contributed by atoms with van der Waals surface area (Å²) in [4.78, 5) is 33.4. The van der Waals surface area contributed by atoms with E-state index in [-0.39, 0.29) is 29.8 Å². The molecule has 0 bridgehead atoms. The minimum Gasteiger partial charge on any atom is -0.344 e. The maximum Gasteiger partial charge on any atom is 0.416 e. The number of hydrogen-bond donors (Lipinski definition) is 2. The second-order valence-corrected chi connectivity index (χ2v) is 12.8. The Kier molecular flexibility index (Phi) is 11.6. The van der Waals surface area contributed by atoms with Crippen LogP contribution < -0.4 is 10.6 Å². The zero-order valence-electron chi connectivity index (χ0n) is 27.0. The Morgan fingerprint density at radius 1 is 0.957 bits per heavy atom. The highest BCUT2D eigenvalue weighted by Crippen LogP contribution is 2.37. The van der Waals surface area contributed by atoms with Crippen LogP contribution in [0.3, 0.4) is 0 Å². The number of alkyl halides is 3. The highest BCUT2D eigenvalue weighted by Gasteiger charge is 2.38. The van der Waals surface area contributed by atoms with Crippen LogP contribution in [-0.2, 0) is 28.7 Å². The van der Waals surface area contributed by atoms with Crippen molar-refractivity contribution in [3.8, 4) is 0 Å². The van der Waals surface area contributed by atoms with Crippen molar-refractivity contribution in [1.82, 2.24) is 20.0 Å². The quantitative estimate of drug-likeness (QED) is 0.290. The van der Waals surface area contributed by atoms with Gasteiger partial charge in [0.25, 0.3) is 0 Å². The first-order valence-electron chi connectivity index (χ1n) is 16.4. The number of nitrogens with one attached hydrogen (secondary N) is 1. The van der Waals surface area contributed by atoms with Crippen LogP contribution in [0.5, 0.6) is 0 Å². The molecule has 3 aromatic rings. The van der Waals surface area contributed by atoms with Crippen molar-refractivity contribution in [2.45, 2.75) is 57.5 Å². The van der Waals surface area contributed by atoms with Crippen molar-refractivity contribution in [2.24, 2.45) is 0 Å². The molecule has 47 heavy (non-hydrogen) atoms. The third-order valence-electron chi connectivity index (χ3n) is 9.49. The molecule has 3 aromatic carbocycles. The zero-order valence-corrected chi connectivity index (χ0v) is 27.7. The molecule has 1 saturated heterocycles. The minimum atomic E-state index is -4.47. The second-order valence-electron chi connectivity index (χ2n) is 12.3. The molecule has 2 heterocycles. The lowest BCUT2D eigenvalue weighted by Gasteiger charge is -2.42. The van der Waals surface area contributed by atoms with Gasteiger partial charge in [-0.05, 0) is 42.4 Å². The molecule has 252 valence electrons. The van der Waals surface area contributed by atoms with Crippen molar-refractivity contribution in [2.75, 3.05) is 45.8 Å². The molecule has 0 aliphatic carbocycles. The first kappa shape index (κ1) is 34.9. The van der Waals surface area contributed by atoms with E-state index >= 15 is 0 Å². The standard InChI is InChI=1S/C36H43ClF3N5O2/c1-3-43(4-2)24-33(29-11-7-8-12-30(29)36(38,39)40)44-17-19-45(20-18-44)35(47)32(21-25-13-15-27(37)16-14-25)42-34(46)22-31-28-10-6-5-9-26(28)23-41-31/h5-16,31-33,41H,3-4,17-24H2,1-2H3,(H,42,46)/p+1/t31?,32-,33?/m1/s1. The first-order chi connectivity index (χ1) is 22.6. The fourth-order valence-corrected chi connectivity index (χ4v) is 6.96. The number of fused-ring (bicyclic) bond motifs is 1. The Morgan fingerprint density at radius 3 is 2.30 bits per heavy atom. The van der Waals surface area contributed by atoms with Crippen LogP contribution in [-0.4, -0.2) is 78.4 Å². The van der Waals surface area contributed by atoms with Gasteiger partial charge in [-0.1, -0.05) is 80.0 Å². The summed E-state index contributed by atoms with van der Waals surface area (Å²) in [6, 6.07) is 19.8. The molecule has 2 amide bonds. The van der Waals surface area contributed by atoms with Gasteiger partial charge in [0.1, 0.15) is 18.6 Å². The minimum absolute atomic E-state index is 0.0108. The predicted molar refractivity (Wildman–Crippen MR) is 177 cm³/mol. The van der Waals surface area contributed by atoms with Crippen molar-refractivity contribution < 1.29 is 28.1 Å². The van der Waals surface area contributed by atoms with E-state index in [9.17, 15) is 22.8 Å². The summed E-state index contributed by atoms with van der Waals surface area (Å²) in [5, 5.41) is 5.76. The molecular formula is C36H44ClF3N5O2+. The molecule has 0 aromatic heterocycles. The van der Waals surface area contributed by atoms with Gasteiger partial charge in [-0.3, -0.25) is 14.5 Å². The largest absolute Gasteiger partial charge is 0.416 e. The summed E-state index contributed by atoms with van der Waals surface area (Å²) in [5.74, 6) is -0.392. The Bertz CT molecular complexity index is 1510.